The minimum atomic E-state index is -0.684. The number of carbonyl (C=O) groups excluding carboxylic acids is 1. The van der Waals surface area contributed by atoms with Crippen molar-refractivity contribution in [3.8, 4) is 11.5 Å². The van der Waals surface area contributed by atoms with Gasteiger partial charge in [0.2, 0.25) is 0 Å². The third kappa shape index (κ3) is 5.18. The molecule has 2 aromatic carbocycles. The second-order valence-electron chi connectivity index (χ2n) is 8.16. The highest BCUT2D eigenvalue weighted by molar-refractivity contribution is 7.07. The summed E-state index contributed by atoms with van der Waals surface area (Å²) in [5.74, 6) is 0.927. The van der Waals surface area contributed by atoms with E-state index in [1.807, 2.05) is 42.5 Å². The summed E-state index contributed by atoms with van der Waals surface area (Å²) < 4.78 is 18.4. The fraction of sp³-hybridized carbons (Fsp3) is 0.250. The molecule has 0 radical (unpaired) electrons. The number of hydrogen-bond donors (Lipinski definition) is 0. The van der Waals surface area contributed by atoms with E-state index in [2.05, 4.69) is 18.5 Å². The lowest BCUT2D eigenvalue weighted by atomic mass is 9.96. The zero-order chi connectivity index (χ0) is 25.7. The van der Waals surface area contributed by atoms with Crippen molar-refractivity contribution in [2.24, 2.45) is 4.99 Å². The molecular formula is C28H28N2O5S. The summed E-state index contributed by atoms with van der Waals surface area (Å²) in [7, 11) is 1.59. The van der Waals surface area contributed by atoms with Crippen molar-refractivity contribution in [1.82, 2.24) is 4.57 Å². The lowest BCUT2D eigenvalue weighted by Crippen LogP contribution is -2.39. The van der Waals surface area contributed by atoms with E-state index in [0.717, 1.165) is 23.3 Å². The first kappa shape index (κ1) is 25.2. The molecule has 0 saturated heterocycles. The van der Waals surface area contributed by atoms with E-state index in [0.29, 0.717) is 33.0 Å². The van der Waals surface area contributed by atoms with Crippen molar-refractivity contribution in [2.45, 2.75) is 26.3 Å². The molecule has 0 fully saturated rings. The van der Waals surface area contributed by atoms with Crippen LogP contribution in [-0.4, -0.2) is 30.9 Å². The van der Waals surface area contributed by atoms with Crippen LogP contribution < -0.4 is 24.4 Å². The summed E-state index contributed by atoms with van der Waals surface area (Å²) in [6.07, 6.45) is 4.26. The minimum Gasteiger partial charge on any atom is -0.497 e. The summed E-state index contributed by atoms with van der Waals surface area (Å²) in [6, 6.07) is 14.2. The van der Waals surface area contributed by atoms with Gasteiger partial charge in [-0.3, -0.25) is 9.36 Å². The van der Waals surface area contributed by atoms with Crippen LogP contribution >= 0.6 is 11.3 Å². The zero-order valence-electron chi connectivity index (χ0n) is 20.5. The highest BCUT2D eigenvalue weighted by Gasteiger charge is 2.33. The topological polar surface area (TPSA) is 79.1 Å². The number of hydrogen-bond acceptors (Lipinski definition) is 7. The molecule has 0 amide bonds. The van der Waals surface area contributed by atoms with Gasteiger partial charge in [-0.1, -0.05) is 55.2 Å². The lowest BCUT2D eigenvalue weighted by Gasteiger charge is -2.24. The van der Waals surface area contributed by atoms with Crippen molar-refractivity contribution < 1.29 is 19.0 Å². The fourth-order valence-electron chi connectivity index (χ4n) is 3.93. The molecule has 0 bridgehead atoms. The molecule has 3 aromatic rings. The number of thiazole rings is 1. The Hall–Kier alpha value is -3.91. The van der Waals surface area contributed by atoms with Gasteiger partial charge in [-0.15, -0.1) is 0 Å². The number of aromatic nitrogens is 1. The molecule has 0 aliphatic carbocycles. The van der Waals surface area contributed by atoms with Gasteiger partial charge in [-0.2, -0.15) is 0 Å². The van der Waals surface area contributed by atoms with Crippen LogP contribution in [-0.2, 0) is 9.53 Å². The standard InChI is InChI=1S/C28H28N2O5S/c1-5-15-34-22-11-7-19(8-12-22)17-23-26(31)30-25(20-9-13-21(33-4)14-10-20)24(27(32)35-16-6-2)18(3)29-28(30)36-23/h6-14,17,25H,2,5,15-16H2,1,3-4H3/b23-17-. The molecule has 1 aromatic heterocycles. The van der Waals surface area contributed by atoms with Crippen LogP contribution in [0.4, 0.5) is 0 Å². The summed E-state index contributed by atoms with van der Waals surface area (Å²) >= 11 is 1.29. The Bertz CT molecular complexity index is 1460. The second kappa shape index (κ2) is 11.2. The normalized spacial score (nSPS) is 15.2. The Morgan fingerprint density at radius 3 is 2.47 bits per heavy atom. The highest BCUT2D eigenvalue weighted by Crippen LogP contribution is 2.31. The number of fused-ring (bicyclic) bond motifs is 1. The van der Waals surface area contributed by atoms with Gasteiger partial charge >= 0.3 is 5.97 Å². The quantitative estimate of drug-likeness (QED) is 0.328. The summed E-state index contributed by atoms with van der Waals surface area (Å²) in [5, 5.41) is 0. The highest BCUT2D eigenvalue weighted by atomic mass is 32.1. The number of carbonyl (C=O) groups is 1. The number of esters is 1. The Morgan fingerprint density at radius 2 is 1.83 bits per heavy atom. The Balaban J connectivity index is 1.82. The fourth-order valence-corrected chi connectivity index (χ4v) is 4.97. The van der Waals surface area contributed by atoms with Gasteiger partial charge in [0.25, 0.3) is 5.56 Å². The first-order chi connectivity index (χ1) is 17.5. The molecule has 0 spiro atoms. The van der Waals surface area contributed by atoms with Gasteiger partial charge in [0.05, 0.1) is 35.6 Å². The SMILES string of the molecule is C=CCOC(=O)C1=C(C)N=c2s/c(=C\c3ccc(OCCC)cc3)c(=O)n2C1c1ccc(OC)cc1. The largest absolute Gasteiger partial charge is 0.497 e. The lowest BCUT2D eigenvalue weighted by molar-refractivity contribution is -0.138. The van der Waals surface area contributed by atoms with Gasteiger partial charge in [-0.05, 0) is 54.8 Å². The molecule has 1 unspecified atom stereocenters. The number of methoxy groups -OCH3 is 1. The molecule has 7 nitrogen and oxygen atoms in total. The van der Waals surface area contributed by atoms with E-state index >= 15 is 0 Å². The molecule has 0 saturated carbocycles. The number of allylic oxidation sites excluding steroid dienone is 1. The predicted molar refractivity (Wildman–Crippen MR) is 140 cm³/mol. The van der Waals surface area contributed by atoms with Gasteiger partial charge in [-0.25, -0.2) is 9.79 Å². The van der Waals surface area contributed by atoms with Crippen molar-refractivity contribution in [2.75, 3.05) is 20.3 Å². The molecule has 4 rings (SSSR count). The number of nitrogens with zero attached hydrogens (tertiary/aromatic N) is 2. The van der Waals surface area contributed by atoms with E-state index in [4.69, 9.17) is 14.2 Å². The monoisotopic (exact) mass is 504 g/mol. The first-order valence-electron chi connectivity index (χ1n) is 11.6. The molecule has 1 atom stereocenters. The minimum absolute atomic E-state index is 0.0628. The van der Waals surface area contributed by atoms with Crippen LogP contribution in [0.25, 0.3) is 6.08 Å². The smallest absolute Gasteiger partial charge is 0.338 e. The molecule has 1 aliphatic rings. The molecule has 8 heteroatoms. The summed E-state index contributed by atoms with van der Waals surface area (Å²) in [6.45, 7) is 8.14. The average molecular weight is 505 g/mol. The van der Waals surface area contributed by atoms with Gasteiger partial charge in [0, 0.05) is 0 Å². The number of rotatable bonds is 9. The molecule has 1 aliphatic heterocycles. The van der Waals surface area contributed by atoms with Gasteiger partial charge < -0.3 is 14.2 Å². The summed E-state index contributed by atoms with van der Waals surface area (Å²) in [5.41, 5.74) is 2.22. The van der Waals surface area contributed by atoms with Crippen LogP contribution in [0.3, 0.4) is 0 Å². The average Bonchev–Trinajstić information content (AvgIpc) is 3.20. The first-order valence-corrected chi connectivity index (χ1v) is 12.5. The van der Waals surface area contributed by atoms with Gasteiger partial charge in [0.1, 0.15) is 18.1 Å². The number of benzene rings is 2. The molecular weight excluding hydrogens is 476 g/mol. The third-order valence-corrected chi connectivity index (χ3v) is 6.64. The maximum atomic E-state index is 13.7. The summed E-state index contributed by atoms with van der Waals surface area (Å²) in [4.78, 5) is 31.8. The molecule has 186 valence electrons. The molecule has 0 N–H and O–H groups in total. The van der Waals surface area contributed by atoms with E-state index in [-0.39, 0.29) is 12.2 Å². The van der Waals surface area contributed by atoms with Crippen LogP contribution in [0, 0.1) is 0 Å². The van der Waals surface area contributed by atoms with Crippen molar-refractivity contribution >= 4 is 23.4 Å². The van der Waals surface area contributed by atoms with Crippen molar-refractivity contribution in [3.63, 3.8) is 0 Å². The Labute approximate surface area is 213 Å². The molecule has 36 heavy (non-hydrogen) atoms. The predicted octanol–water partition coefficient (Wildman–Crippen LogP) is 3.76. The zero-order valence-corrected chi connectivity index (χ0v) is 21.3. The van der Waals surface area contributed by atoms with E-state index in [9.17, 15) is 9.59 Å². The Morgan fingerprint density at radius 1 is 1.14 bits per heavy atom. The van der Waals surface area contributed by atoms with Gasteiger partial charge in [0.15, 0.2) is 4.80 Å². The Kier molecular flexibility index (Phi) is 7.85. The van der Waals surface area contributed by atoms with Crippen LogP contribution in [0.2, 0.25) is 0 Å². The van der Waals surface area contributed by atoms with Crippen LogP contribution in [0.15, 0.2) is 82.2 Å². The number of ether oxygens (including phenoxy) is 3. The van der Waals surface area contributed by atoms with E-state index in [1.165, 1.54) is 17.4 Å². The maximum Gasteiger partial charge on any atom is 0.338 e. The van der Waals surface area contributed by atoms with Crippen LogP contribution in [0.5, 0.6) is 11.5 Å². The van der Waals surface area contributed by atoms with E-state index < -0.39 is 12.0 Å². The third-order valence-electron chi connectivity index (χ3n) is 5.66. The van der Waals surface area contributed by atoms with Crippen molar-refractivity contribution in [3.05, 3.63) is 103 Å². The molecule has 2 heterocycles. The maximum absolute atomic E-state index is 13.7. The van der Waals surface area contributed by atoms with Crippen LogP contribution in [0.1, 0.15) is 37.4 Å². The second-order valence-corrected chi connectivity index (χ2v) is 9.17. The van der Waals surface area contributed by atoms with E-state index in [1.54, 1.807) is 30.7 Å². The van der Waals surface area contributed by atoms with Crippen molar-refractivity contribution in [1.29, 1.82) is 0 Å².